The smallest absolute Gasteiger partial charge is 0.340 e. The summed E-state index contributed by atoms with van der Waals surface area (Å²) in [5, 5.41) is 2.13. The lowest BCUT2D eigenvalue weighted by Crippen LogP contribution is -2.02. The lowest BCUT2D eigenvalue weighted by Gasteiger charge is -2.05. The van der Waals surface area contributed by atoms with E-state index in [1.165, 1.54) is 7.11 Å². The molecule has 4 aromatic rings. The Morgan fingerprint density at radius 3 is 2.73 bits per heavy atom. The van der Waals surface area contributed by atoms with E-state index in [9.17, 15) is 4.79 Å². The van der Waals surface area contributed by atoms with Crippen molar-refractivity contribution < 1.29 is 9.53 Å². The van der Waals surface area contributed by atoms with Gasteiger partial charge in [0.25, 0.3) is 0 Å². The van der Waals surface area contributed by atoms with Gasteiger partial charge in [0.2, 0.25) is 0 Å². The number of carbonyl (C=O) groups is 1. The van der Waals surface area contributed by atoms with Crippen molar-refractivity contribution in [2.24, 2.45) is 0 Å². The fourth-order valence-corrected chi connectivity index (χ4v) is 2.83. The molecule has 0 aliphatic heterocycles. The predicted octanol–water partition coefficient (Wildman–Crippen LogP) is 4.10. The summed E-state index contributed by atoms with van der Waals surface area (Å²) >= 11 is 0. The van der Waals surface area contributed by atoms with Gasteiger partial charge < -0.3 is 14.7 Å². The lowest BCUT2D eigenvalue weighted by atomic mass is 10.0. The van der Waals surface area contributed by atoms with E-state index in [1.54, 1.807) is 0 Å². The molecule has 4 heteroatoms. The van der Waals surface area contributed by atoms with Gasteiger partial charge in [0, 0.05) is 28.2 Å². The lowest BCUT2D eigenvalue weighted by molar-refractivity contribution is 0.0603. The van der Waals surface area contributed by atoms with E-state index < -0.39 is 0 Å². The number of hydrogen-bond acceptors (Lipinski definition) is 2. The number of ether oxygens (including phenoxy) is 1. The SMILES string of the molecule is COC(=O)c1cc(-c2cc3ccccc3[nH]2)cc2cc[nH]c12. The molecule has 0 aliphatic rings. The molecule has 2 N–H and O–H groups in total. The summed E-state index contributed by atoms with van der Waals surface area (Å²) in [6.45, 7) is 0. The van der Waals surface area contributed by atoms with Crippen LogP contribution in [-0.2, 0) is 4.74 Å². The van der Waals surface area contributed by atoms with Crippen LogP contribution in [0, 0.1) is 0 Å². The van der Waals surface area contributed by atoms with Gasteiger partial charge in [0.1, 0.15) is 0 Å². The number of carbonyl (C=O) groups excluding carboxylic acids is 1. The molecular weight excluding hydrogens is 276 g/mol. The second kappa shape index (κ2) is 4.77. The molecule has 0 saturated carbocycles. The molecule has 2 aromatic carbocycles. The minimum absolute atomic E-state index is 0.342. The number of para-hydroxylation sites is 1. The van der Waals surface area contributed by atoms with Crippen LogP contribution in [0.5, 0.6) is 0 Å². The van der Waals surface area contributed by atoms with Gasteiger partial charge in [-0.3, -0.25) is 0 Å². The standard InChI is InChI=1S/C18H14N2O2/c1-22-18(21)14-9-13(8-12-6-7-19-17(12)14)16-10-11-4-2-3-5-15(11)20-16/h2-10,19-20H,1H3. The number of aromatic nitrogens is 2. The zero-order valence-electron chi connectivity index (χ0n) is 12.0. The van der Waals surface area contributed by atoms with Crippen LogP contribution in [0.15, 0.2) is 54.7 Å². The van der Waals surface area contributed by atoms with E-state index in [2.05, 4.69) is 28.2 Å². The quantitative estimate of drug-likeness (QED) is 0.546. The minimum Gasteiger partial charge on any atom is -0.465 e. The minimum atomic E-state index is -0.342. The Balaban J connectivity index is 1.96. The molecule has 0 fully saturated rings. The summed E-state index contributed by atoms with van der Waals surface area (Å²) in [6, 6.07) is 16.1. The molecule has 2 heterocycles. The van der Waals surface area contributed by atoms with Crippen LogP contribution >= 0.6 is 0 Å². The first-order valence-electron chi connectivity index (χ1n) is 7.04. The Hall–Kier alpha value is -3.01. The number of methoxy groups -OCH3 is 1. The number of benzene rings is 2. The summed E-state index contributed by atoms with van der Waals surface area (Å²) in [7, 11) is 1.40. The zero-order chi connectivity index (χ0) is 15.1. The van der Waals surface area contributed by atoms with Crippen LogP contribution < -0.4 is 0 Å². The Morgan fingerprint density at radius 1 is 1.05 bits per heavy atom. The summed E-state index contributed by atoms with van der Waals surface area (Å²) in [5.74, 6) is -0.342. The molecule has 2 aromatic heterocycles. The van der Waals surface area contributed by atoms with Gasteiger partial charge >= 0.3 is 5.97 Å². The first kappa shape index (κ1) is 12.7. The molecule has 108 valence electrons. The first-order valence-corrected chi connectivity index (χ1v) is 7.04. The normalized spacial score (nSPS) is 11.1. The molecule has 0 amide bonds. The molecule has 22 heavy (non-hydrogen) atoms. The van der Waals surface area contributed by atoms with Gasteiger partial charge in [-0.15, -0.1) is 0 Å². The third-order valence-electron chi connectivity index (χ3n) is 3.91. The maximum atomic E-state index is 12.0. The van der Waals surface area contributed by atoms with Crippen molar-refractivity contribution in [2.75, 3.05) is 7.11 Å². The third kappa shape index (κ3) is 1.89. The highest BCUT2D eigenvalue weighted by Crippen LogP contribution is 2.29. The average Bonchev–Trinajstić information content (AvgIpc) is 3.19. The van der Waals surface area contributed by atoms with E-state index in [1.807, 2.05) is 36.5 Å². The number of H-pyrrole nitrogens is 2. The Morgan fingerprint density at radius 2 is 1.91 bits per heavy atom. The largest absolute Gasteiger partial charge is 0.465 e. The topological polar surface area (TPSA) is 57.9 Å². The number of nitrogens with one attached hydrogen (secondary N) is 2. The van der Waals surface area contributed by atoms with Crippen molar-refractivity contribution in [3.05, 3.63) is 60.3 Å². The number of aromatic amines is 2. The highest BCUT2D eigenvalue weighted by molar-refractivity contribution is 6.05. The molecule has 0 radical (unpaired) electrons. The van der Waals surface area contributed by atoms with Crippen molar-refractivity contribution in [3.63, 3.8) is 0 Å². The van der Waals surface area contributed by atoms with Crippen LogP contribution in [-0.4, -0.2) is 23.0 Å². The van der Waals surface area contributed by atoms with E-state index in [-0.39, 0.29) is 5.97 Å². The second-order valence-corrected chi connectivity index (χ2v) is 5.23. The molecule has 4 rings (SSSR count). The molecule has 0 bridgehead atoms. The number of rotatable bonds is 2. The monoisotopic (exact) mass is 290 g/mol. The van der Waals surface area contributed by atoms with Crippen molar-refractivity contribution in [1.82, 2.24) is 9.97 Å². The molecule has 0 spiro atoms. The third-order valence-corrected chi connectivity index (χ3v) is 3.91. The first-order chi connectivity index (χ1) is 10.8. The summed E-state index contributed by atoms with van der Waals surface area (Å²) in [5.41, 5.74) is 4.36. The van der Waals surface area contributed by atoms with Crippen LogP contribution in [0.4, 0.5) is 0 Å². The van der Waals surface area contributed by atoms with Gasteiger partial charge in [-0.05, 0) is 35.9 Å². The molecule has 0 saturated heterocycles. The molecule has 0 atom stereocenters. The van der Waals surface area contributed by atoms with Crippen LogP contribution in [0.1, 0.15) is 10.4 Å². The van der Waals surface area contributed by atoms with E-state index in [0.717, 1.165) is 33.1 Å². The van der Waals surface area contributed by atoms with Crippen LogP contribution in [0.25, 0.3) is 33.1 Å². The molecular formula is C18H14N2O2. The fraction of sp³-hybridized carbons (Fsp3) is 0.0556. The van der Waals surface area contributed by atoms with Crippen molar-refractivity contribution in [3.8, 4) is 11.3 Å². The number of fused-ring (bicyclic) bond motifs is 2. The van der Waals surface area contributed by atoms with E-state index in [4.69, 9.17) is 4.74 Å². The van der Waals surface area contributed by atoms with Gasteiger partial charge in [-0.2, -0.15) is 0 Å². The zero-order valence-corrected chi connectivity index (χ0v) is 12.0. The van der Waals surface area contributed by atoms with E-state index >= 15 is 0 Å². The van der Waals surface area contributed by atoms with Gasteiger partial charge in [0.15, 0.2) is 0 Å². The van der Waals surface area contributed by atoms with Crippen molar-refractivity contribution >= 4 is 27.8 Å². The van der Waals surface area contributed by atoms with Crippen molar-refractivity contribution in [1.29, 1.82) is 0 Å². The molecule has 0 aliphatic carbocycles. The predicted molar refractivity (Wildman–Crippen MR) is 86.9 cm³/mol. The Labute approximate surface area is 126 Å². The van der Waals surface area contributed by atoms with Crippen LogP contribution in [0.2, 0.25) is 0 Å². The molecule has 4 nitrogen and oxygen atoms in total. The van der Waals surface area contributed by atoms with Crippen LogP contribution in [0.3, 0.4) is 0 Å². The van der Waals surface area contributed by atoms with Gasteiger partial charge in [-0.25, -0.2) is 4.79 Å². The highest BCUT2D eigenvalue weighted by atomic mass is 16.5. The average molecular weight is 290 g/mol. The maximum Gasteiger partial charge on any atom is 0.340 e. The van der Waals surface area contributed by atoms with E-state index in [0.29, 0.717) is 5.56 Å². The fourth-order valence-electron chi connectivity index (χ4n) is 2.83. The molecule has 0 unspecified atom stereocenters. The Kier molecular flexibility index (Phi) is 2.76. The highest BCUT2D eigenvalue weighted by Gasteiger charge is 2.14. The number of esters is 1. The van der Waals surface area contributed by atoms with Gasteiger partial charge in [0.05, 0.1) is 18.2 Å². The van der Waals surface area contributed by atoms with Crippen molar-refractivity contribution in [2.45, 2.75) is 0 Å². The summed E-state index contributed by atoms with van der Waals surface area (Å²) in [4.78, 5) is 18.5. The maximum absolute atomic E-state index is 12.0. The Bertz CT molecular complexity index is 962. The van der Waals surface area contributed by atoms with Gasteiger partial charge in [-0.1, -0.05) is 18.2 Å². The number of hydrogen-bond donors (Lipinski definition) is 2. The summed E-state index contributed by atoms with van der Waals surface area (Å²) in [6.07, 6.45) is 1.83. The second-order valence-electron chi connectivity index (χ2n) is 5.23. The summed E-state index contributed by atoms with van der Waals surface area (Å²) < 4.78 is 4.89.